The van der Waals surface area contributed by atoms with E-state index in [1.165, 1.54) is 0 Å². The maximum atomic E-state index is 11.5. The quantitative estimate of drug-likeness (QED) is 0.769. The van der Waals surface area contributed by atoms with E-state index in [4.69, 9.17) is 11.6 Å². The Kier molecular flexibility index (Phi) is 4.43. The smallest absolute Gasteiger partial charge is 0.224 e. The van der Waals surface area contributed by atoms with Crippen LogP contribution in [0.3, 0.4) is 0 Å². The highest BCUT2D eigenvalue weighted by molar-refractivity contribution is 6.18. The van der Waals surface area contributed by atoms with Crippen molar-refractivity contribution >= 4 is 17.5 Å². The summed E-state index contributed by atoms with van der Waals surface area (Å²) in [4.78, 5) is 11.5. The number of halogens is 1. The molecule has 0 bridgehead atoms. The van der Waals surface area contributed by atoms with Gasteiger partial charge < -0.3 is 10.4 Å². The normalized spacial score (nSPS) is 12.1. The summed E-state index contributed by atoms with van der Waals surface area (Å²) < 4.78 is 0. The van der Waals surface area contributed by atoms with Crippen LogP contribution < -0.4 is 5.32 Å². The highest BCUT2D eigenvalue weighted by Gasteiger charge is 2.09. The van der Waals surface area contributed by atoms with Gasteiger partial charge in [-0.05, 0) is 13.0 Å². The lowest BCUT2D eigenvalue weighted by Gasteiger charge is -2.10. The van der Waals surface area contributed by atoms with Crippen LogP contribution in [0, 0.1) is 0 Å². The largest absolute Gasteiger partial charge is 0.508 e. The summed E-state index contributed by atoms with van der Waals surface area (Å²) in [7, 11) is 0. The highest BCUT2D eigenvalue weighted by Crippen LogP contribution is 2.15. The van der Waals surface area contributed by atoms with Crippen molar-refractivity contribution in [1.29, 1.82) is 0 Å². The molecule has 0 aliphatic heterocycles. The Bertz CT molecular complexity index is 341. The van der Waals surface area contributed by atoms with E-state index in [-0.39, 0.29) is 24.1 Å². The molecule has 2 N–H and O–H groups in total. The van der Waals surface area contributed by atoms with E-state index < -0.39 is 0 Å². The number of hydrogen-bond acceptors (Lipinski definition) is 2. The molecule has 0 aliphatic rings. The molecule has 0 saturated heterocycles. The number of aromatic hydroxyl groups is 1. The second-order valence-corrected chi connectivity index (χ2v) is 3.74. The molecular weight excluding hydrogens is 214 g/mol. The van der Waals surface area contributed by atoms with E-state index in [1.807, 2.05) is 6.92 Å². The Labute approximate surface area is 94.1 Å². The van der Waals surface area contributed by atoms with Crippen LogP contribution in [0.15, 0.2) is 24.3 Å². The molecule has 4 heteroatoms. The Morgan fingerprint density at radius 1 is 1.53 bits per heavy atom. The van der Waals surface area contributed by atoms with Crippen LogP contribution in [0.25, 0.3) is 0 Å². The van der Waals surface area contributed by atoms with Crippen molar-refractivity contribution in [2.24, 2.45) is 0 Å². The maximum Gasteiger partial charge on any atom is 0.224 e. The number of nitrogens with one attached hydrogen (secondary N) is 1. The number of rotatable bonds is 4. The standard InChI is InChI=1S/C11H14ClNO2/c1-8(7-12)13-11(15)6-9-4-2-3-5-10(9)14/h2-5,8,14H,6-7H2,1H3,(H,13,15). The Morgan fingerprint density at radius 2 is 2.20 bits per heavy atom. The van der Waals surface area contributed by atoms with Gasteiger partial charge in [0.05, 0.1) is 6.42 Å². The SMILES string of the molecule is CC(CCl)NC(=O)Cc1ccccc1O. The Morgan fingerprint density at radius 3 is 2.80 bits per heavy atom. The molecule has 82 valence electrons. The summed E-state index contributed by atoms with van der Waals surface area (Å²) in [5.74, 6) is 0.391. The molecule has 1 aromatic carbocycles. The monoisotopic (exact) mass is 227 g/mol. The fourth-order valence-electron chi connectivity index (χ4n) is 1.20. The van der Waals surface area contributed by atoms with Crippen molar-refractivity contribution in [3.8, 4) is 5.75 Å². The number of carbonyl (C=O) groups is 1. The third-order valence-electron chi connectivity index (χ3n) is 1.98. The van der Waals surface area contributed by atoms with E-state index >= 15 is 0 Å². The van der Waals surface area contributed by atoms with E-state index in [2.05, 4.69) is 5.32 Å². The fraction of sp³-hybridized carbons (Fsp3) is 0.364. The summed E-state index contributed by atoms with van der Waals surface area (Å²) >= 11 is 5.57. The van der Waals surface area contributed by atoms with Gasteiger partial charge in [0, 0.05) is 17.5 Å². The maximum absolute atomic E-state index is 11.5. The molecule has 0 aliphatic carbocycles. The van der Waals surface area contributed by atoms with Gasteiger partial charge in [-0.1, -0.05) is 18.2 Å². The molecular formula is C11H14ClNO2. The number of hydrogen-bond donors (Lipinski definition) is 2. The summed E-state index contributed by atoms with van der Waals surface area (Å²) in [6.07, 6.45) is 0.175. The number of phenolic OH excluding ortho intramolecular Hbond substituents is 1. The van der Waals surface area contributed by atoms with Crippen LogP contribution >= 0.6 is 11.6 Å². The van der Waals surface area contributed by atoms with E-state index in [1.54, 1.807) is 24.3 Å². The van der Waals surface area contributed by atoms with Gasteiger partial charge in [-0.15, -0.1) is 11.6 Å². The number of benzene rings is 1. The Balaban J connectivity index is 2.55. The molecule has 1 amide bonds. The second kappa shape index (κ2) is 5.61. The molecule has 15 heavy (non-hydrogen) atoms. The van der Waals surface area contributed by atoms with Crippen LogP contribution in [-0.2, 0) is 11.2 Å². The molecule has 3 nitrogen and oxygen atoms in total. The first-order chi connectivity index (χ1) is 7.13. The lowest BCUT2D eigenvalue weighted by atomic mass is 10.1. The van der Waals surface area contributed by atoms with Gasteiger partial charge in [0.15, 0.2) is 0 Å². The molecule has 0 saturated carbocycles. The van der Waals surface area contributed by atoms with Gasteiger partial charge in [0.25, 0.3) is 0 Å². The molecule has 1 atom stereocenters. The van der Waals surface area contributed by atoms with Gasteiger partial charge in [0.1, 0.15) is 5.75 Å². The van der Waals surface area contributed by atoms with Crippen molar-refractivity contribution < 1.29 is 9.90 Å². The molecule has 0 aromatic heterocycles. The number of para-hydroxylation sites is 1. The first kappa shape index (κ1) is 11.9. The van der Waals surface area contributed by atoms with Crippen LogP contribution in [0.1, 0.15) is 12.5 Å². The van der Waals surface area contributed by atoms with Crippen LogP contribution in [0.5, 0.6) is 5.75 Å². The third-order valence-corrected chi connectivity index (χ3v) is 2.44. The van der Waals surface area contributed by atoms with Crippen LogP contribution in [0.4, 0.5) is 0 Å². The second-order valence-electron chi connectivity index (χ2n) is 3.43. The van der Waals surface area contributed by atoms with E-state index in [0.29, 0.717) is 11.4 Å². The van der Waals surface area contributed by atoms with Crippen LogP contribution in [0.2, 0.25) is 0 Å². The average Bonchev–Trinajstić information content (AvgIpc) is 2.21. The lowest BCUT2D eigenvalue weighted by Crippen LogP contribution is -2.34. The topological polar surface area (TPSA) is 49.3 Å². The fourth-order valence-corrected chi connectivity index (χ4v) is 1.27. The molecule has 0 spiro atoms. The minimum absolute atomic E-state index is 0.0509. The molecule has 1 aromatic rings. The van der Waals surface area contributed by atoms with Crippen molar-refractivity contribution in [2.45, 2.75) is 19.4 Å². The molecule has 1 unspecified atom stereocenters. The van der Waals surface area contributed by atoms with Crippen molar-refractivity contribution in [3.05, 3.63) is 29.8 Å². The van der Waals surface area contributed by atoms with Crippen molar-refractivity contribution in [2.75, 3.05) is 5.88 Å². The minimum atomic E-state index is -0.135. The molecule has 0 heterocycles. The predicted octanol–water partition coefficient (Wildman–Crippen LogP) is 1.68. The summed E-state index contributed by atoms with van der Waals surface area (Å²) in [6, 6.07) is 6.74. The van der Waals surface area contributed by atoms with Crippen molar-refractivity contribution in [1.82, 2.24) is 5.32 Å². The van der Waals surface area contributed by atoms with Gasteiger partial charge in [0.2, 0.25) is 5.91 Å². The van der Waals surface area contributed by atoms with E-state index in [0.717, 1.165) is 0 Å². The summed E-state index contributed by atoms with van der Waals surface area (Å²) in [6.45, 7) is 1.83. The van der Waals surface area contributed by atoms with Gasteiger partial charge in [-0.25, -0.2) is 0 Å². The summed E-state index contributed by atoms with van der Waals surface area (Å²) in [5, 5.41) is 12.2. The molecule has 0 radical (unpaired) electrons. The zero-order chi connectivity index (χ0) is 11.3. The predicted molar refractivity (Wildman–Crippen MR) is 60.1 cm³/mol. The highest BCUT2D eigenvalue weighted by atomic mass is 35.5. The minimum Gasteiger partial charge on any atom is -0.508 e. The van der Waals surface area contributed by atoms with Gasteiger partial charge in [-0.3, -0.25) is 4.79 Å². The molecule has 1 rings (SSSR count). The zero-order valence-corrected chi connectivity index (χ0v) is 9.29. The van der Waals surface area contributed by atoms with Crippen LogP contribution in [-0.4, -0.2) is 22.9 Å². The first-order valence-corrected chi connectivity index (χ1v) is 5.29. The zero-order valence-electron chi connectivity index (χ0n) is 8.53. The van der Waals surface area contributed by atoms with E-state index in [9.17, 15) is 9.90 Å². The first-order valence-electron chi connectivity index (χ1n) is 4.75. The van der Waals surface area contributed by atoms with Gasteiger partial charge >= 0.3 is 0 Å². The van der Waals surface area contributed by atoms with Crippen molar-refractivity contribution in [3.63, 3.8) is 0 Å². The molecule has 0 fully saturated rings. The number of carbonyl (C=O) groups excluding carboxylic acids is 1. The van der Waals surface area contributed by atoms with Gasteiger partial charge in [-0.2, -0.15) is 0 Å². The lowest BCUT2D eigenvalue weighted by molar-refractivity contribution is -0.120. The Hall–Kier alpha value is -1.22. The summed E-state index contributed by atoms with van der Waals surface area (Å²) in [5.41, 5.74) is 0.622. The number of phenols is 1. The number of amides is 1. The number of alkyl halides is 1. The average molecular weight is 228 g/mol. The third kappa shape index (κ3) is 3.80.